The van der Waals surface area contributed by atoms with Crippen LogP contribution in [0.25, 0.3) is 11.1 Å². The summed E-state index contributed by atoms with van der Waals surface area (Å²) in [7, 11) is 0. The van der Waals surface area contributed by atoms with Crippen LogP contribution in [0.2, 0.25) is 0 Å². The molecule has 1 saturated heterocycles. The summed E-state index contributed by atoms with van der Waals surface area (Å²) in [5, 5.41) is 12.7. The van der Waals surface area contributed by atoms with Gasteiger partial charge in [0.15, 0.2) is 11.5 Å². The van der Waals surface area contributed by atoms with Crippen LogP contribution in [0.5, 0.6) is 0 Å². The second kappa shape index (κ2) is 9.87. The molecule has 1 unspecified atom stereocenters. The Morgan fingerprint density at radius 3 is 2.90 bits per heavy atom. The minimum Gasteiger partial charge on any atom is -0.441 e. The monoisotopic (exact) mass is 407 g/mol. The fourth-order valence-electron chi connectivity index (χ4n) is 3.96. The van der Waals surface area contributed by atoms with Crippen molar-refractivity contribution in [2.75, 3.05) is 26.2 Å². The van der Waals surface area contributed by atoms with Crippen LogP contribution in [0, 0.1) is 0 Å². The normalized spacial score (nSPS) is 17.3. The molecule has 0 saturated carbocycles. The van der Waals surface area contributed by atoms with Crippen LogP contribution in [0.4, 0.5) is 0 Å². The first-order valence-corrected chi connectivity index (χ1v) is 10.8. The van der Waals surface area contributed by atoms with Gasteiger partial charge in [-0.05, 0) is 62.5 Å². The van der Waals surface area contributed by atoms with Gasteiger partial charge in [-0.2, -0.15) is 0 Å². The van der Waals surface area contributed by atoms with Gasteiger partial charge in [0.1, 0.15) is 5.52 Å². The number of fused-ring (bicyclic) bond motifs is 1. The van der Waals surface area contributed by atoms with Crippen LogP contribution < -0.4 is 5.32 Å². The maximum Gasteiger partial charge on any atom is 0.251 e. The minimum absolute atomic E-state index is 0.0931. The number of nitrogens with one attached hydrogen (secondary N) is 1. The summed E-state index contributed by atoms with van der Waals surface area (Å²) in [5.41, 5.74) is 3.27. The minimum atomic E-state index is -0.208. The molecule has 3 aromatic rings. The summed E-state index contributed by atoms with van der Waals surface area (Å²) in [6, 6.07) is 15.7. The smallest absolute Gasteiger partial charge is 0.251 e. The maximum absolute atomic E-state index is 12.5. The van der Waals surface area contributed by atoms with E-state index in [0.717, 1.165) is 51.7 Å². The fraction of sp³-hybridized carbons (Fsp3) is 0.417. The molecule has 0 aliphatic carbocycles. The van der Waals surface area contributed by atoms with Gasteiger partial charge in [-0.3, -0.25) is 4.79 Å². The number of aliphatic hydroxyl groups excluding tert-OH is 1. The van der Waals surface area contributed by atoms with Crippen LogP contribution in [0.1, 0.15) is 41.1 Å². The van der Waals surface area contributed by atoms with Gasteiger partial charge in [0, 0.05) is 25.1 Å². The molecule has 2 N–H and O–H groups in total. The van der Waals surface area contributed by atoms with Crippen molar-refractivity contribution in [3.63, 3.8) is 0 Å². The number of carbonyl (C=O) groups is 1. The molecule has 30 heavy (non-hydrogen) atoms. The van der Waals surface area contributed by atoms with E-state index in [1.165, 1.54) is 5.56 Å². The number of likely N-dealkylation sites (tertiary alicyclic amines) is 1. The third-order valence-electron chi connectivity index (χ3n) is 5.58. The molecule has 1 aromatic heterocycles. The number of hydrogen-bond acceptors (Lipinski definition) is 5. The maximum atomic E-state index is 12.5. The molecule has 4 rings (SSSR count). The summed E-state index contributed by atoms with van der Waals surface area (Å²) in [4.78, 5) is 19.3. The molecular formula is C24H29N3O3. The van der Waals surface area contributed by atoms with Gasteiger partial charge < -0.3 is 19.7 Å². The highest BCUT2D eigenvalue weighted by Gasteiger charge is 2.17. The Hall–Kier alpha value is -2.70. The van der Waals surface area contributed by atoms with Crippen molar-refractivity contribution in [3.05, 3.63) is 65.5 Å². The lowest BCUT2D eigenvalue weighted by atomic mass is 10.1. The third-order valence-corrected chi connectivity index (χ3v) is 5.58. The Bertz CT molecular complexity index is 970. The summed E-state index contributed by atoms with van der Waals surface area (Å²) < 4.78 is 5.83. The molecule has 2 heterocycles. The first kappa shape index (κ1) is 20.6. The Morgan fingerprint density at radius 1 is 1.20 bits per heavy atom. The largest absolute Gasteiger partial charge is 0.441 e. The molecule has 2 aromatic carbocycles. The molecule has 1 fully saturated rings. The zero-order valence-corrected chi connectivity index (χ0v) is 17.2. The topological polar surface area (TPSA) is 78.6 Å². The number of piperidine rings is 1. The first-order valence-electron chi connectivity index (χ1n) is 10.8. The highest BCUT2D eigenvalue weighted by atomic mass is 16.3. The molecular weight excluding hydrogens is 378 g/mol. The van der Waals surface area contributed by atoms with Crippen LogP contribution in [0.15, 0.2) is 52.9 Å². The van der Waals surface area contributed by atoms with E-state index in [1.54, 1.807) is 12.1 Å². The molecule has 1 amide bonds. The van der Waals surface area contributed by atoms with Gasteiger partial charge in [0.25, 0.3) is 5.91 Å². The molecule has 0 radical (unpaired) electrons. The lowest BCUT2D eigenvalue weighted by Gasteiger charge is -2.29. The number of amides is 1. The number of β-amino-alcohol motifs (C(OH)–C–C–N with tert-alkyl or cyclic N) is 1. The summed E-state index contributed by atoms with van der Waals surface area (Å²) in [6.45, 7) is 3.28. The van der Waals surface area contributed by atoms with E-state index in [0.29, 0.717) is 29.1 Å². The fourth-order valence-corrected chi connectivity index (χ4v) is 3.96. The Labute approximate surface area is 176 Å². The number of aliphatic hydroxyl groups is 1. The van der Waals surface area contributed by atoms with Gasteiger partial charge in [0.2, 0.25) is 0 Å². The highest BCUT2D eigenvalue weighted by molar-refractivity contribution is 5.97. The second-order valence-electron chi connectivity index (χ2n) is 7.98. The molecule has 158 valence electrons. The molecule has 1 aliphatic heterocycles. The standard InChI is InChI=1S/C24H29N3O3/c28-20-8-4-14-27(17-20)15-5-13-25-24(29)19-10-11-22-21(16-19)26-23(30-22)12-9-18-6-2-1-3-7-18/h1-3,6-7,10-11,16,20,28H,4-5,8-9,12-15,17H2,(H,25,29). The van der Waals surface area contributed by atoms with Crippen molar-refractivity contribution in [3.8, 4) is 0 Å². The molecule has 6 nitrogen and oxygen atoms in total. The summed E-state index contributed by atoms with van der Waals surface area (Å²) in [6.07, 6.45) is 4.19. The number of benzene rings is 2. The van der Waals surface area contributed by atoms with Gasteiger partial charge in [-0.25, -0.2) is 4.98 Å². The summed E-state index contributed by atoms with van der Waals surface area (Å²) >= 11 is 0. The van der Waals surface area contributed by atoms with Gasteiger partial charge in [-0.15, -0.1) is 0 Å². The average molecular weight is 408 g/mol. The van der Waals surface area contributed by atoms with Crippen molar-refractivity contribution in [1.29, 1.82) is 0 Å². The zero-order valence-electron chi connectivity index (χ0n) is 17.2. The Kier molecular flexibility index (Phi) is 6.77. The molecule has 1 atom stereocenters. The SMILES string of the molecule is O=C(NCCCN1CCCC(O)C1)c1ccc2oc(CCc3ccccc3)nc2c1. The lowest BCUT2D eigenvalue weighted by molar-refractivity contribution is 0.0697. The van der Waals surface area contributed by atoms with E-state index in [4.69, 9.17) is 4.42 Å². The number of hydrogen-bond donors (Lipinski definition) is 2. The first-order chi connectivity index (χ1) is 14.7. The third kappa shape index (κ3) is 5.46. The quantitative estimate of drug-likeness (QED) is 0.561. The molecule has 6 heteroatoms. The number of nitrogens with zero attached hydrogens (tertiary/aromatic N) is 2. The predicted molar refractivity (Wildman–Crippen MR) is 116 cm³/mol. The summed E-state index contributed by atoms with van der Waals surface area (Å²) in [5.74, 6) is 0.597. The van der Waals surface area contributed by atoms with Crippen LogP contribution in [-0.4, -0.2) is 53.2 Å². The second-order valence-corrected chi connectivity index (χ2v) is 7.98. The highest BCUT2D eigenvalue weighted by Crippen LogP contribution is 2.19. The van der Waals surface area contributed by atoms with Crippen LogP contribution >= 0.6 is 0 Å². The lowest BCUT2D eigenvalue weighted by Crippen LogP contribution is -2.39. The van der Waals surface area contributed by atoms with E-state index in [-0.39, 0.29) is 12.0 Å². The van der Waals surface area contributed by atoms with Gasteiger partial charge >= 0.3 is 0 Å². The number of aromatic nitrogens is 1. The Balaban J connectivity index is 1.27. The van der Waals surface area contributed by atoms with Crippen molar-refractivity contribution < 1.29 is 14.3 Å². The number of aryl methyl sites for hydroxylation is 2. The van der Waals surface area contributed by atoms with E-state index in [2.05, 4.69) is 27.3 Å². The van der Waals surface area contributed by atoms with Crippen LogP contribution in [0.3, 0.4) is 0 Å². The molecule has 1 aliphatic rings. The van der Waals surface area contributed by atoms with Crippen molar-refractivity contribution in [1.82, 2.24) is 15.2 Å². The van der Waals surface area contributed by atoms with Crippen LogP contribution in [-0.2, 0) is 12.8 Å². The zero-order chi connectivity index (χ0) is 20.8. The van der Waals surface area contributed by atoms with Crippen molar-refractivity contribution >= 4 is 17.0 Å². The van der Waals surface area contributed by atoms with Crippen molar-refractivity contribution in [2.24, 2.45) is 0 Å². The van der Waals surface area contributed by atoms with E-state index >= 15 is 0 Å². The van der Waals surface area contributed by atoms with E-state index in [1.807, 2.05) is 24.3 Å². The van der Waals surface area contributed by atoms with Gasteiger partial charge in [0.05, 0.1) is 6.10 Å². The van der Waals surface area contributed by atoms with Crippen molar-refractivity contribution in [2.45, 2.75) is 38.2 Å². The van der Waals surface area contributed by atoms with E-state index in [9.17, 15) is 9.90 Å². The van der Waals surface area contributed by atoms with Gasteiger partial charge in [-0.1, -0.05) is 30.3 Å². The number of rotatable bonds is 8. The number of carbonyl (C=O) groups excluding carboxylic acids is 1. The molecule has 0 spiro atoms. The van der Waals surface area contributed by atoms with E-state index < -0.39 is 0 Å². The predicted octanol–water partition coefficient (Wildman–Crippen LogP) is 3.19. The number of oxazole rings is 1. The average Bonchev–Trinajstić information content (AvgIpc) is 3.18. The Morgan fingerprint density at radius 2 is 2.07 bits per heavy atom. The molecule has 0 bridgehead atoms.